The first-order valence-corrected chi connectivity index (χ1v) is 36.2. The molecule has 0 saturated heterocycles. The lowest BCUT2D eigenvalue weighted by Crippen LogP contribution is -2.04. The second-order valence-electron chi connectivity index (χ2n) is 25.4. The van der Waals surface area contributed by atoms with Crippen LogP contribution in [-0.4, -0.2) is 0 Å². The van der Waals surface area contributed by atoms with Crippen molar-refractivity contribution < 1.29 is 0 Å². The number of hydrogen-bond acceptors (Lipinski definition) is 0. The highest BCUT2D eigenvalue weighted by Crippen LogP contribution is 2.27. The zero-order valence-electron chi connectivity index (χ0n) is 52.8. The third-order valence-electron chi connectivity index (χ3n) is 17.8. The molecule has 1 aromatic carbocycles. The number of aryl methyl sites for hydroxylation is 3. The molecule has 0 unspecified atom stereocenters. The molecule has 0 aliphatic rings. The molecule has 75 heavy (non-hydrogen) atoms. The fraction of sp³-hybridized carbons (Fsp3) is 0.907. The summed E-state index contributed by atoms with van der Waals surface area (Å²) < 4.78 is 0. The van der Waals surface area contributed by atoms with Gasteiger partial charge >= 0.3 is 0 Å². The molecule has 1 aromatic rings. The molecule has 0 atom stereocenters. The van der Waals surface area contributed by atoms with E-state index >= 15 is 0 Å². The summed E-state index contributed by atoms with van der Waals surface area (Å²) in [5, 5.41) is 0. The van der Waals surface area contributed by atoms with E-state index in [0.29, 0.717) is 0 Å². The van der Waals surface area contributed by atoms with Crippen LogP contribution in [0.25, 0.3) is 0 Å². The zero-order valence-corrected chi connectivity index (χ0v) is 52.8. The van der Waals surface area contributed by atoms with Gasteiger partial charge in [-0.05, 0) is 73.6 Å². The molecule has 0 aliphatic carbocycles. The van der Waals surface area contributed by atoms with Crippen LogP contribution >= 0.6 is 0 Å². The third kappa shape index (κ3) is 52.4. The minimum atomic E-state index is 1.02. The van der Waals surface area contributed by atoms with Gasteiger partial charge < -0.3 is 0 Å². The van der Waals surface area contributed by atoms with Gasteiger partial charge in [-0.15, -0.1) is 0 Å². The van der Waals surface area contributed by atoms with E-state index in [0.717, 1.165) is 12.8 Å². The Kier molecular flexibility index (Phi) is 60.1. The van der Waals surface area contributed by atoms with Crippen molar-refractivity contribution in [3.8, 4) is 0 Å². The molecule has 0 spiro atoms. The Morgan fingerprint density at radius 1 is 0.200 bits per heavy atom. The van der Waals surface area contributed by atoms with Crippen molar-refractivity contribution in [3.63, 3.8) is 0 Å². The van der Waals surface area contributed by atoms with Crippen molar-refractivity contribution in [1.82, 2.24) is 0 Å². The topological polar surface area (TPSA) is 0 Å². The number of unbranched alkanes of at least 4 members (excludes halogenated alkanes) is 57. The largest absolute Gasteiger partial charge is 0.0654 e. The van der Waals surface area contributed by atoms with E-state index in [2.05, 4.69) is 39.8 Å². The first kappa shape index (κ1) is 72.2. The SMILES string of the molecule is [CH2]CCc1cc(CCCCCCCCCCCCCCCCCCCCCC)c(CCCCCCCCCCCCCCCCCCCCCC)c(CCCCCCCCCCCCCCCCCCCCCC)c1. The van der Waals surface area contributed by atoms with Gasteiger partial charge in [-0.25, -0.2) is 0 Å². The fourth-order valence-corrected chi connectivity index (χ4v) is 12.7. The predicted octanol–water partition coefficient (Wildman–Crippen LogP) is 27.5. The highest BCUT2D eigenvalue weighted by Gasteiger charge is 2.12. The van der Waals surface area contributed by atoms with Gasteiger partial charge in [0.2, 0.25) is 0 Å². The summed E-state index contributed by atoms with van der Waals surface area (Å²) >= 11 is 0. The van der Waals surface area contributed by atoms with Gasteiger partial charge in [-0.1, -0.05) is 406 Å². The molecule has 0 N–H and O–H groups in total. The molecule has 1 rings (SSSR count). The lowest BCUT2D eigenvalue weighted by atomic mass is 9.87. The van der Waals surface area contributed by atoms with Crippen molar-refractivity contribution in [1.29, 1.82) is 0 Å². The lowest BCUT2D eigenvalue weighted by molar-refractivity contribution is 0.520. The molecule has 0 aromatic heterocycles. The zero-order chi connectivity index (χ0) is 53.7. The summed E-state index contributed by atoms with van der Waals surface area (Å²) in [4.78, 5) is 0. The Balaban J connectivity index is 2.41. The first-order valence-electron chi connectivity index (χ1n) is 36.2. The Labute approximate surface area is 477 Å². The summed E-state index contributed by atoms with van der Waals surface area (Å²) in [6.45, 7) is 11.3. The highest BCUT2D eigenvalue weighted by molar-refractivity contribution is 5.40. The molecule has 0 aliphatic heterocycles. The minimum Gasteiger partial charge on any atom is -0.0654 e. The standard InChI is InChI=1S/C75H143/c1-5-9-12-15-18-21-24-27-30-33-36-39-42-45-48-51-54-57-60-63-67-73-70-72(66-8-4)71-74(68-64-61-58-55-52-49-46-43-40-37-34-31-28-25-22-19-16-13-10-6-2)75(73)69-65-62-59-56-53-50-47-44-41-38-35-32-29-26-23-20-17-14-11-7-3/h70-71H,4-69H2,1-3H3. The van der Waals surface area contributed by atoms with Crippen LogP contribution in [0.2, 0.25) is 0 Å². The van der Waals surface area contributed by atoms with Crippen LogP contribution in [0.4, 0.5) is 0 Å². The van der Waals surface area contributed by atoms with E-state index in [1.165, 1.54) is 405 Å². The van der Waals surface area contributed by atoms with Crippen LogP contribution < -0.4 is 0 Å². The number of hydrogen-bond donors (Lipinski definition) is 0. The number of rotatable bonds is 65. The quantitative estimate of drug-likeness (QED) is 0.0571. The molecule has 0 amide bonds. The molecular weight excluding hydrogens is 901 g/mol. The molecule has 0 saturated carbocycles. The van der Waals surface area contributed by atoms with E-state index in [-0.39, 0.29) is 0 Å². The van der Waals surface area contributed by atoms with Crippen LogP contribution in [0.15, 0.2) is 12.1 Å². The lowest BCUT2D eigenvalue weighted by Gasteiger charge is -2.18. The number of benzene rings is 1. The van der Waals surface area contributed by atoms with Gasteiger partial charge in [-0.2, -0.15) is 0 Å². The molecule has 1 radical (unpaired) electrons. The Morgan fingerprint density at radius 3 is 0.533 bits per heavy atom. The molecule has 0 nitrogen and oxygen atoms in total. The average molecular weight is 1040 g/mol. The Bertz CT molecular complexity index is 1130. The van der Waals surface area contributed by atoms with Crippen LogP contribution in [-0.2, 0) is 25.7 Å². The molecule has 0 bridgehead atoms. The molecule has 0 fully saturated rings. The normalized spacial score (nSPS) is 11.7. The van der Waals surface area contributed by atoms with E-state index in [1.54, 1.807) is 22.3 Å². The minimum absolute atomic E-state index is 1.02. The van der Waals surface area contributed by atoms with E-state index in [1.807, 2.05) is 0 Å². The van der Waals surface area contributed by atoms with Crippen molar-refractivity contribution >= 4 is 0 Å². The monoisotopic (exact) mass is 1040 g/mol. The summed E-state index contributed by atoms with van der Waals surface area (Å²) in [5.74, 6) is 0. The fourth-order valence-electron chi connectivity index (χ4n) is 12.7. The maximum absolute atomic E-state index is 4.31. The first-order chi connectivity index (χ1) is 37.3. The van der Waals surface area contributed by atoms with Crippen LogP contribution in [0, 0.1) is 6.92 Å². The van der Waals surface area contributed by atoms with Gasteiger partial charge in [0.05, 0.1) is 0 Å². The Morgan fingerprint density at radius 2 is 0.360 bits per heavy atom. The third-order valence-corrected chi connectivity index (χ3v) is 17.8. The van der Waals surface area contributed by atoms with Gasteiger partial charge in [0, 0.05) is 0 Å². The summed E-state index contributed by atoms with van der Waals surface area (Å²) in [6, 6.07) is 5.32. The van der Waals surface area contributed by atoms with Crippen LogP contribution in [0.5, 0.6) is 0 Å². The van der Waals surface area contributed by atoms with Gasteiger partial charge in [0.1, 0.15) is 0 Å². The van der Waals surface area contributed by atoms with Gasteiger partial charge in [0.15, 0.2) is 0 Å². The van der Waals surface area contributed by atoms with E-state index < -0.39 is 0 Å². The maximum Gasteiger partial charge on any atom is -0.0273 e. The smallest absolute Gasteiger partial charge is 0.0273 e. The predicted molar refractivity (Wildman–Crippen MR) is 345 cm³/mol. The highest BCUT2D eigenvalue weighted by atomic mass is 14.2. The van der Waals surface area contributed by atoms with Crippen LogP contribution in [0.3, 0.4) is 0 Å². The molecule has 0 heteroatoms. The van der Waals surface area contributed by atoms with Crippen molar-refractivity contribution in [2.75, 3.05) is 0 Å². The summed E-state index contributed by atoms with van der Waals surface area (Å²) in [5.41, 5.74) is 6.86. The van der Waals surface area contributed by atoms with E-state index in [4.69, 9.17) is 0 Å². The second-order valence-corrected chi connectivity index (χ2v) is 25.4. The molecule has 0 heterocycles. The van der Waals surface area contributed by atoms with Crippen molar-refractivity contribution in [2.24, 2.45) is 0 Å². The van der Waals surface area contributed by atoms with E-state index in [9.17, 15) is 0 Å². The van der Waals surface area contributed by atoms with Crippen molar-refractivity contribution in [2.45, 2.75) is 438 Å². The van der Waals surface area contributed by atoms with Gasteiger partial charge in [-0.3, -0.25) is 0 Å². The second kappa shape index (κ2) is 62.4. The van der Waals surface area contributed by atoms with Crippen LogP contribution in [0.1, 0.15) is 435 Å². The van der Waals surface area contributed by atoms with Crippen molar-refractivity contribution in [3.05, 3.63) is 41.3 Å². The summed E-state index contributed by atoms with van der Waals surface area (Å²) in [7, 11) is 0. The molecule has 443 valence electrons. The maximum atomic E-state index is 4.31. The summed E-state index contributed by atoms with van der Waals surface area (Å²) in [6.07, 6.45) is 93.7. The Hall–Kier alpha value is -0.780. The van der Waals surface area contributed by atoms with Gasteiger partial charge in [0.25, 0.3) is 0 Å². The molecular formula is C75H143. The average Bonchev–Trinajstić information content (AvgIpc) is 3.41.